The molecular weight excluding hydrogens is 321 g/mol. The van der Waals surface area contributed by atoms with Gasteiger partial charge in [-0.15, -0.1) is 0 Å². The van der Waals surface area contributed by atoms with Gasteiger partial charge in [-0.2, -0.15) is 0 Å². The predicted octanol–water partition coefficient (Wildman–Crippen LogP) is 4.84. The molecule has 0 saturated heterocycles. The molecule has 0 aliphatic heterocycles. The number of halogens is 2. The van der Waals surface area contributed by atoms with Crippen LogP contribution < -0.4 is 4.74 Å². The number of rotatable bonds is 4. The summed E-state index contributed by atoms with van der Waals surface area (Å²) >= 11 is 12.0. The highest BCUT2D eigenvalue weighted by Crippen LogP contribution is 2.30. The molecule has 22 heavy (non-hydrogen) atoms. The Hall–Kier alpha value is -1.71. The van der Waals surface area contributed by atoms with E-state index in [1.165, 1.54) is 0 Å². The van der Waals surface area contributed by atoms with Crippen molar-refractivity contribution in [3.8, 4) is 5.75 Å². The normalized spacial score (nSPS) is 11.9. The summed E-state index contributed by atoms with van der Waals surface area (Å²) in [6, 6.07) is 12.3. The van der Waals surface area contributed by atoms with E-state index >= 15 is 0 Å². The summed E-state index contributed by atoms with van der Waals surface area (Å²) in [7, 11) is 3.35. The van der Waals surface area contributed by atoms with E-state index in [4.69, 9.17) is 27.9 Å². The van der Waals surface area contributed by atoms with Crippen LogP contribution in [0.4, 0.5) is 0 Å². The number of methoxy groups -OCH3 is 1. The molecule has 0 saturated carbocycles. The van der Waals surface area contributed by atoms with Gasteiger partial charge in [0.2, 0.25) is 0 Å². The quantitative estimate of drug-likeness (QED) is 0.799. The number of amides is 1. The molecule has 0 aliphatic rings. The third-order valence-electron chi connectivity index (χ3n) is 3.65. The van der Waals surface area contributed by atoms with Crippen molar-refractivity contribution < 1.29 is 9.53 Å². The lowest BCUT2D eigenvalue weighted by Gasteiger charge is -2.27. The van der Waals surface area contributed by atoms with E-state index < -0.39 is 0 Å². The second-order valence-electron chi connectivity index (χ2n) is 4.96. The van der Waals surface area contributed by atoms with Gasteiger partial charge in [0, 0.05) is 17.6 Å². The first kappa shape index (κ1) is 16.7. The molecule has 0 aliphatic carbocycles. The summed E-state index contributed by atoms with van der Waals surface area (Å²) in [6.07, 6.45) is 0. The largest absolute Gasteiger partial charge is 0.496 e. The van der Waals surface area contributed by atoms with Crippen LogP contribution >= 0.6 is 23.2 Å². The maximum Gasteiger partial charge on any atom is 0.255 e. The summed E-state index contributed by atoms with van der Waals surface area (Å²) in [6.45, 7) is 1.94. The molecule has 1 unspecified atom stereocenters. The molecule has 2 aromatic rings. The third kappa shape index (κ3) is 3.37. The average molecular weight is 338 g/mol. The van der Waals surface area contributed by atoms with E-state index in [0.717, 1.165) is 11.3 Å². The minimum absolute atomic E-state index is 0.157. The van der Waals surface area contributed by atoms with Crippen LogP contribution in [0.25, 0.3) is 0 Å². The number of benzene rings is 2. The number of nitrogens with zero attached hydrogens (tertiary/aromatic N) is 1. The molecule has 0 spiro atoms. The van der Waals surface area contributed by atoms with Gasteiger partial charge in [-0.05, 0) is 31.2 Å². The van der Waals surface area contributed by atoms with Crippen molar-refractivity contribution in [3.05, 3.63) is 63.6 Å². The SMILES string of the molecule is COc1ccccc1C(C)N(C)C(=O)c1ccc(Cl)cc1Cl. The van der Waals surface area contributed by atoms with E-state index in [-0.39, 0.29) is 11.9 Å². The molecule has 116 valence electrons. The van der Waals surface area contributed by atoms with Crippen molar-refractivity contribution in [3.63, 3.8) is 0 Å². The Morgan fingerprint density at radius 3 is 2.50 bits per heavy atom. The maximum absolute atomic E-state index is 12.6. The number of hydrogen-bond donors (Lipinski definition) is 0. The lowest BCUT2D eigenvalue weighted by Crippen LogP contribution is -2.30. The van der Waals surface area contributed by atoms with Crippen molar-refractivity contribution >= 4 is 29.1 Å². The molecule has 5 heteroatoms. The maximum atomic E-state index is 12.6. The lowest BCUT2D eigenvalue weighted by molar-refractivity contribution is 0.0741. The van der Waals surface area contributed by atoms with Gasteiger partial charge in [-0.3, -0.25) is 4.79 Å². The Balaban J connectivity index is 2.30. The number of carbonyl (C=O) groups excluding carboxylic acids is 1. The van der Waals surface area contributed by atoms with Gasteiger partial charge in [-0.25, -0.2) is 0 Å². The zero-order valence-electron chi connectivity index (χ0n) is 12.6. The van der Waals surface area contributed by atoms with Crippen molar-refractivity contribution in [2.45, 2.75) is 13.0 Å². The van der Waals surface area contributed by atoms with Gasteiger partial charge in [0.1, 0.15) is 5.75 Å². The minimum atomic E-state index is -0.167. The second-order valence-corrected chi connectivity index (χ2v) is 5.80. The standard InChI is InChI=1S/C17H17Cl2NO2/c1-11(13-6-4-5-7-16(13)22-3)20(2)17(21)14-9-8-12(18)10-15(14)19/h4-11H,1-3H3. The monoisotopic (exact) mass is 337 g/mol. The second kappa shape index (κ2) is 7.03. The molecule has 0 bridgehead atoms. The topological polar surface area (TPSA) is 29.5 Å². The molecule has 2 aromatic carbocycles. The van der Waals surface area contributed by atoms with Crippen molar-refractivity contribution in [2.75, 3.05) is 14.2 Å². The first-order valence-corrected chi connectivity index (χ1v) is 7.56. The molecule has 0 N–H and O–H groups in total. The highest BCUT2D eigenvalue weighted by Gasteiger charge is 2.22. The number of para-hydroxylation sites is 1. The smallest absolute Gasteiger partial charge is 0.255 e. The van der Waals surface area contributed by atoms with Crippen molar-refractivity contribution in [2.24, 2.45) is 0 Å². The van der Waals surface area contributed by atoms with E-state index in [9.17, 15) is 4.79 Å². The van der Waals surface area contributed by atoms with Crippen LogP contribution in [0.15, 0.2) is 42.5 Å². The van der Waals surface area contributed by atoms with Gasteiger partial charge in [0.25, 0.3) is 5.91 Å². The molecule has 0 heterocycles. The molecule has 0 fully saturated rings. The molecule has 3 nitrogen and oxygen atoms in total. The summed E-state index contributed by atoms with van der Waals surface area (Å²) in [5.41, 5.74) is 1.36. The third-order valence-corrected chi connectivity index (χ3v) is 4.20. The van der Waals surface area contributed by atoms with Crippen LogP contribution in [0.2, 0.25) is 10.0 Å². The lowest BCUT2D eigenvalue weighted by atomic mass is 10.0. The molecule has 1 atom stereocenters. The van der Waals surface area contributed by atoms with Crippen LogP contribution in [0.3, 0.4) is 0 Å². The van der Waals surface area contributed by atoms with Crippen LogP contribution in [-0.2, 0) is 0 Å². The number of carbonyl (C=O) groups is 1. The summed E-state index contributed by atoms with van der Waals surface area (Å²) in [4.78, 5) is 14.3. The molecule has 0 radical (unpaired) electrons. The number of ether oxygens (including phenoxy) is 1. The Bertz CT molecular complexity index is 688. The van der Waals surface area contributed by atoms with Crippen LogP contribution in [0.1, 0.15) is 28.9 Å². The fourth-order valence-electron chi connectivity index (χ4n) is 2.25. The van der Waals surface area contributed by atoms with E-state index in [1.54, 1.807) is 37.3 Å². The van der Waals surface area contributed by atoms with Gasteiger partial charge in [0.05, 0.1) is 23.7 Å². The van der Waals surface area contributed by atoms with Gasteiger partial charge < -0.3 is 9.64 Å². The van der Waals surface area contributed by atoms with E-state index in [1.807, 2.05) is 31.2 Å². The Morgan fingerprint density at radius 1 is 1.18 bits per heavy atom. The Kier molecular flexibility index (Phi) is 5.33. The first-order valence-electron chi connectivity index (χ1n) is 6.80. The molecule has 1 amide bonds. The average Bonchev–Trinajstić information content (AvgIpc) is 2.52. The van der Waals surface area contributed by atoms with Crippen LogP contribution in [0, 0.1) is 0 Å². The van der Waals surface area contributed by atoms with Crippen LogP contribution in [0.5, 0.6) is 5.75 Å². The van der Waals surface area contributed by atoms with Crippen molar-refractivity contribution in [1.29, 1.82) is 0 Å². The highest BCUT2D eigenvalue weighted by molar-refractivity contribution is 6.36. The van der Waals surface area contributed by atoms with Crippen molar-refractivity contribution in [1.82, 2.24) is 4.90 Å². The zero-order chi connectivity index (χ0) is 16.3. The molecular formula is C17H17Cl2NO2. The van der Waals surface area contributed by atoms with Gasteiger partial charge >= 0.3 is 0 Å². The number of hydrogen-bond acceptors (Lipinski definition) is 2. The summed E-state index contributed by atoms with van der Waals surface area (Å²) in [5, 5.41) is 0.846. The predicted molar refractivity (Wildman–Crippen MR) is 90.0 cm³/mol. The molecule has 0 aromatic heterocycles. The van der Waals surface area contributed by atoms with E-state index in [0.29, 0.717) is 15.6 Å². The molecule has 2 rings (SSSR count). The zero-order valence-corrected chi connectivity index (χ0v) is 14.2. The van der Waals surface area contributed by atoms with Crippen LogP contribution in [-0.4, -0.2) is 25.0 Å². The fraction of sp³-hybridized carbons (Fsp3) is 0.235. The Morgan fingerprint density at radius 2 is 1.86 bits per heavy atom. The fourth-order valence-corrected chi connectivity index (χ4v) is 2.74. The first-order chi connectivity index (χ1) is 10.5. The van der Waals surface area contributed by atoms with Gasteiger partial charge in [-0.1, -0.05) is 41.4 Å². The minimum Gasteiger partial charge on any atom is -0.496 e. The summed E-state index contributed by atoms with van der Waals surface area (Å²) < 4.78 is 5.36. The van der Waals surface area contributed by atoms with E-state index in [2.05, 4.69) is 0 Å². The highest BCUT2D eigenvalue weighted by atomic mass is 35.5. The Labute approximate surface area is 140 Å². The summed E-state index contributed by atoms with van der Waals surface area (Å²) in [5.74, 6) is 0.580. The van der Waals surface area contributed by atoms with Gasteiger partial charge in [0.15, 0.2) is 0 Å².